The van der Waals surface area contributed by atoms with Gasteiger partial charge in [-0.2, -0.15) is 0 Å². The number of rotatable bonds is 6. The van der Waals surface area contributed by atoms with Crippen molar-refractivity contribution in [3.05, 3.63) is 103 Å². The number of anilines is 4. The number of benzene rings is 3. The van der Waals surface area contributed by atoms with E-state index in [1.165, 1.54) is 5.56 Å². The average Bonchev–Trinajstić information content (AvgIpc) is 3.51. The fourth-order valence-electron chi connectivity index (χ4n) is 5.41. The molecule has 0 aliphatic carbocycles. The predicted octanol–water partition coefficient (Wildman–Crippen LogP) is 6.36. The quantitative estimate of drug-likeness (QED) is 0.240. The first kappa shape index (κ1) is 28.9. The molecule has 0 bridgehead atoms. The Morgan fingerprint density at radius 2 is 1.59 bits per heavy atom. The molecule has 1 fully saturated rings. The smallest absolute Gasteiger partial charge is 0.255 e. The molecule has 9 heteroatoms. The number of fused-ring (bicyclic) bond motifs is 1. The van der Waals surface area contributed by atoms with E-state index in [1.807, 2.05) is 82.4 Å². The molecule has 9 nitrogen and oxygen atoms in total. The van der Waals surface area contributed by atoms with E-state index < -0.39 is 0 Å². The van der Waals surface area contributed by atoms with Crippen LogP contribution in [-0.2, 0) is 10.2 Å². The molecule has 3 heterocycles. The number of nitrogens with one attached hydrogen (secondary N) is 2. The summed E-state index contributed by atoms with van der Waals surface area (Å²) < 4.78 is 1.94. The van der Waals surface area contributed by atoms with Gasteiger partial charge in [0.2, 0.25) is 5.91 Å². The van der Waals surface area contributed by atoms with Crippen LogP contribution in [0.5, 0.6) is 0 Å². The van der Waals surface area contributed by atoms with Crippen LogP contribution in [0, 0.1) is 0 Å². The van der Waals surface area contributed by atoms with Crippen LogP contribution in [0.4, 0.5) is 22.9 Å². The number of carbonyl (C=O) groups excluding carboxylic acids is 2. The third-order valence-corrected chi connectivity index (χ3v) is 8.02. The maximum Gasteiger partial charge on any atom is 0.255 e. The average molecular weight is 588 g/mol. The van der Waals surface area contributed by atoms with Gasteiger partial charge in [-0.15, -0.1) is 0 Å². The largest absolute Gasteiger partial charge is 0.368 e. The van der Waals surface area contributed by atoms with Crippen molar-refractivity contribution in [2.24, 2.45) is 0 Å². The van der Waals surface area contributed by atoms with Crippen molar-refractivity contribution in [2.45, 2.75) is 33.1 Å². The third-order valence-electron chi connectivity index (χ3n) is 8.02. The highest BCUT2D eigenvalue weighted by molar-refractivity contribution is 6.04. The zero-order valence-corrected chi connectivity index (χ0v) is 25.5. The van der Waals surface area contributed by atoms with Crippen molar-refractivity contribution in [1.82, 2.24) is 19.3 Å². The fourth-order valence-corrected chi connectivity index (χ4v) is 5.41. The molecule has 5 aromatic rings. The van der Waals surface area contributed by atoms with E-state index in [0.29, 0.717) is 22.7 Å². The lowest BCUT2D eigenvalue weighted by atomic mass is 9.87. The molecule has 1 aliphatic rings. The Balaban J connectivity index is 1.19. The Bertz CT molecular complexity index is 1800. The molecule has 1 saturated heterocycles. The zero-order valence-electron chi connectivity index (χ0n) is 25.5. The van der Waals surface area contributed by atoms with Gasteiger partial charge in [0.1, 0.15) is 0 Å². The highest BCUT2D eigenvalue weighted by atomic mass is 16.2. The van der Waals surface area contributed by atoms with Crippen molar-refractivity contribution >= 4 is 40.3 Å². The lowest BCUT2D eigenvalue weighted by Gasteiger charge is -2.35. The van der Waals surface area contributed by atoms with E-state index in [2.05, 4.69) is 53.4 Å². The summed E-state index contributed by atoms with van der Waals surface area (Å²) in [6.45, 7) is 11.2. The minimum absolute atomic E-state index is 0.0255. The Morgan fingerprint density at radius 3 is 2.27 bits per heavy atom. The maximum absolute atomic E-state index is 13.0. The van der Waals surface area contributed by atoms with Crippen molar-refractivity contribution in [3.8, 4) is 11.3 Å². The van der Waals surface area contributed by atoms with Crippen LogP contribution in [0.2, 0.25) is 0 Å². The molecule has 0 atom stereocenters. The molecule has 2 N–H and O–H groups in total. The van der Waals surface area contributed by atoms with Crippen molar-refractivity contribution in [3.63, 3.8) is 0 Å². The molecule has 3 aromatic carbocycles. The van der Waals surface area contributed by atoms with Crippen LogP contribution in [0.15, 0.2) is 91.4 Å². The van der Waals surface area contributed by atoms with E-state index in [4.69, 9.17) is 4.98 Å². The Hall–Kier alpha value is -5.18. The SMILES string of the molecule is CC(=O)N1CCN(c2ccc(Nc3nc(-c4cccc(NC(=O)c5ccc(C(C)(C)C)cc5)c4)cn4ccnc34)cc2)CC1. The van der Waals surface area contributed by atoms with Gasteiger partial charge in [-0.25, -0.2) is 9.97 Å². The van der Waals surface area contributed by atoms with E-state index in [-0.39, 0.29) is 17.2 Å². The topological polar surface area (TPSA) is 94.9 Å². The number of amides is 2. The van der Waals surface area contributed by atoms with Crippen LogP contribution in [-0.4, -0.2) is 57.3 Å². The first-order chi connectivity index (χ1) is 21.1. The second kappa shape index (κ2) is 11.8. The van der Waals surface area contributed by atoms with Gasteiger partial charge in [-0.05, 0) is 59.5 Å². The van der Waals surface area contributed by atoms with Crippen LogP contribution in [0.3, 0.4) is 0 Å². The normalized spacial score (nSPS) is 13.6. The Labute approximate surface area is 257 Å². The van der Waals surface area contributed by atoms with Gasteiger partial charge >= 0.3 is 0 Å². The van der Waals surface area contributed by atoms with Gasteiger partial charge in [-0.3, -0.25) is 9.59 Å². The number of piperazine rings is 1. The highest BCUT2D eigenvalue weighted by Crippen LogP contribution is 2.28. The number of hydrogen-bond acceptors (Lipinski definition) is 6. The molecule has 44 heavy (non-hydrogen) atoms. The first-order valence-corrected chi connectivity index (χ1v) is 14.9. The summed E-state index contributed by atoms with van der Waals surface area (Å²) in [6, 6.07) is 23.7. The van der Waals surface area contributed by atoms with Gasteiger partial charge in [0.05, 0.1) is 5.69 Å². The number of nitrogens with zero attached hydrogens (tertiary/aromatic N) is 5. The molecule has 0 unspecified atom stereocenters. The number of aromatic nitrogens is 3. The van der Waals surface area contributed by atoms with Crippen LogP contribution < -0.4 is 15.5 Å². The van der Waals surface area contributed by atoms with E-state index >= 15 is 0 Å². The monoisotopic (exact) mass is 587 g/mol. The van der Waals surface area contributed by atoms with Crippen molar-refractivity contribution in [1.29, 1.82) is 0 Å². The summed E-state index contributed by atoms with van der Waals surface area (Å²) in [5, 5.41) is 6.47. The molecule has 0 spiro atoms. The van der Waals surface area contributed by atoms with Crippen molar-refractivity contribution < 1.29 is 9.59 Å². The van der Waals surface area contributed by atoms with E-state index in [0.717, 1.165) is 48.8 Å². The molecule has 6 rings (SSSR count). The fraction of sp³-hybridized carbons (Fsp3) is 0.257. The second-order valence-electron chi connectivity index (χ2n) is 12.2. The third kappa shape index (κ3) is 6.27. The van der Waals surface area contributed by atoms with E-state index in [1.54, 1.807) is 13.1 Å². The van der Waals surface area contributed by atoms with E-state index in [9.17, 15) is 9.59 Å². The molecular formula is C35H37N7O2. The molecule has 2 amide bonds. The zero-order chi connectivity index (χ0) is 30.8. The number of hydrogen-bond donors (Lipinski definition) is 2. The number of carbonyl (C=O) groups is 2. The van der Waals surface area contributed by atoms with Gasteiger partial charge in [0.15, 0.2) is 11.5 Å². The summed E-state index contributed by atoms with van der Waals surface area (Å²) in [5.74, 6) is 0.596. The summed E-state index contributed by atoms with van der Waals surface area (Å²) in [7, 11) is 0. The minimum atomic E-state index is -0.160. The van der Waals surface area contributed by atoms with Crippen LogP contribution >= 0.6 is 0 Å². The molecule has 0 radical (unpaired) electrons. The first-order valence-electron chi connectivity index (χ1n) is 14.9. The maximum atomic E-state index is 13.0. The Morgan fingerprint density at radius 1 is 0.864 bits per heavy atom. The Kier molecular flexibility index (Phi) is 7.78. The lowest BCUT2D eigenvalue weighted by Crippen LogP contribution is -2.48. The van der Waals surface area contributed by atoms with Crippen LogP contribution in [0.1, 0.15) is 43.6 Å². The number of imidazole rings is 1. The standard InChI is InChI=1S/C35H37N7O2/c1-24(43)40-18-20-41(21-19-40)30-14-12-28(13-15-30)37-32-33-36-16-17-42(33)23-31(39-32)26-6-5-7-29(22-26)38-34(44)25-8-10-27(11-9-25)35(2,3)4/h5-17,22-23H,18-21H2,1-4H3,(H,37,39)(H,38,44). The van der Waals surface area contributed by atoms with Gasteiger partial charge in [0.25, 0.3) is 5.91 Å². The second-order valence-corrected chi connectivity index (χ2v) is 12.2. The van der Waals surface area contributed by atoms with Gasteiger partial charge in [0, 0.05) is 79.9 Å². The molecule has 2 aromatic heterocycles. The molecule has 1 aliphatic heterocycles. The minimum Gasteiger partial charge on any atom is -0.368 e. The summed E-state index contributed by atoms with van der Waals surface area (Å²) >= 11 is 0. The van der Waals surface area contributed by atoms with Crippen molar-refractivity contribution in [2.75, 3.05) is 41.7 Å². The lowest BCUT2D eigenvalue weighted by molar-refractivity contribution is -0.129. The highest BCUT2D eigenvalue weighted by Gasteiger charge is 2.19. The predicted molar refractivity (Wildman–Crippen MR) is 176 cm³/mol. The summed E-state index contributed by atoms with van der Waals surface area (Å²) in [5.41, 5.74) is 6.83. The molecular weight excluding hydrogens is 550 g/mol. The van der Waals surface area contributed by atoms with Gasteiger partial charge in [-0.1, -0.05) is 45.0 Å². The molecule has 224 valence electrons. The van der Waals surface area contributed by atoms with Gasteiger partial charge < -0.3 is 24.8 Å². The van der Waals surface area contributed by atoms with Crippen LogP contribution in [0.25, 0.3) is 16.9 Å². The molecule has 0 saturated carbocycles. The summed E-state index contributed by atoms with van der Waals surface area (Å²) in [4.78, 5) is 38.3. The summed E-state index contributed by atoms with van der Waals surface area (Å²) in [6.07, 6.45) is 5.57.